The van der Waals surface area contributed by atoms with Gasteiger partial charge in [0.2, 0.25) is 6.41 Å². The second-order valence-corrected chi connectivity index (χ2v) is 8.33. The van der Waals surface area contributed by atoms with Gasteiger partial charge in [-0.05, 0) is 63.9 Å². The van der Waals surface area contributed by atoms with E-state index in [-0.39, 0.29) is 12.0 Å². The van der Waals surface area contributed by atoms with Crippen LogP contribution < -0.4 is 4.74 Å². The lowest BCUT2D eigenvalue weighted by Gasteiger charge is -2.42. The summed E-state index contributed by atoms with van der Waals surface area (Å²) >= 11 is 0. The number of ether oxygens (including phenoxy) is 2. The molecule has 156 valence electrons. The maximum absolute atomic E-state index is 12.0. The Hall–Kier alpha value is -1.59. The number of hydrogen-bond donors (Lipinski definition) is 1. The number of rotatable bonds is 10. The summed E-state index contributed by atoms with van der Waals surface area (Å²) in [5, 5.41) is 12.0. The number of carbonyl (C=O) groups excluding carboxylic acids is 1. The molecule has 1 aromatic carbocycles. The number of likely N-dealkylation sites (tertiary alicyclic amines) is 1. The van der Waals surface area contributed by atoms with Crippen LogP contribution in [-0.2, 0) is 15.1 Å². The summed E-state index contributed by atoms with van der Waals surface area (Å²) in [6, 6.07) is 7.98. The highest BCUT2D eigenvalue weighted by Crippen LogP contribution is 2.44. The number of methoxy groups -OCH3 is 1. The molecule has 2 aliphatic rings. The minimum Gasteiger partial charge on any atom is -0.490 e. The highest BCUT2D eigenvalue weighted by atomic mass is 16.5. The maximum Gasteiger partial charge on any atom is 0.209 e. The minimum atomic E-state index is -0.995. The number of piperidine rings is 1. The van der Waals surface area contributed by atoms with E-state index in [1.807, 2.05) is 24.3 Å². The molecule has 0 spiro atoms. The van der Waals surface area contributed by atoms with Crippen molar-refractivity contribution in [2.45, 2.75) is 69.5 Å². The zero-order valence-electron chi connectivity index (χ0n) is 17.1. The Labute approximate surface area is 169 Å². The monoisotopic (exact) mass is 389 g/mol. The van der Waals surface area contributed by atoms with Crippen molar-refractivity contribution in [1.29, 1.82) is 0 Å². The topological polar surface area (TPSA) is 59.0 Å². The molecule has 1 amide bonds. The fourth-order valence-electron chi connectivity index (χ4n) is 4.80. The Morgan fingerprint density at radius 1 is 1.18 bits per heavy atom. The van der Waals surface area contributed by atoms with Gasteiger partial charge in [0.1, 0.15) is 5.75 Å². The molecule has 1 aliphatic heterocycles. The lowest BCUT2D eigenvalue weighted by atomic mass is 9.74. The summed E-state index contributed by atoms with van der Waals surface area (Å²) in [5.74, 6) is 0.828. The minimum absolute atomic E-state index is 0.0160. The summed E-state index contributed by atoms with van der Waals surface area (Å²) < 4.78 is 11.5. The number of nitrogens with zero attached hydrogens (tertiary/aromatic N) is 1. The molecule has 2 unspecified atom stereocenters. The van der Waals surface area contributed by atoms with E-state index in [1.165, 1.54) is 12.8 Å². The third-order valence-corrected chi connectivity index (χ3v) is 6.38. The van der Waals surface area contributed by atoms with Gasteiger partial charge in [-0.15, -0.1) is 0 Å². The van der Waals surface area contributed by atoms with Crippen molar-refractivity contribution in [2.24, 2.45) is 5.92 Å². The van der Waals surface area contributed by atoms with E-state index in [0.717, 1.165) is 62.8 Å². The zero-order valence-corrected chi connectivity index (χ0v) is 17.1. The highest BCUT2D eigenvalue weighted by Gasteiger charge is 2.42. The van der Waals surface area contributed by atoms with Crippen LogP contribution in [0.2, 0.25) is 0 Å². The van der Waals surface area contributed by atoms with Gasteiger partial charge in [-0.1, -0.05) is 18.2 Å². The van der Waals surface area contributed by atoms with E-state index in [4.69, 9.17) is 9.47 Å². The van der Waals surface area contributed by atoms with Gasteiger partial charge in [-0.25, -0.2) is 0 Å². The van der Waals surface area contributed by atoms with Crippen LogP contribution in [0.25, 0.3) is 0 Å². The number of carbonyl (C=O) groups is 1. The number of unbranched alkanes of at least 4 members (excludes halogenated alkanes) is 1. The Balaban J connectivity index is 1.86. The molecule has 0 radical (unpaired) electrons. The van der Waals surface area contributed by atoms with Crippen molar-refractivity contribution < 1.29 is 19.4 Å². The Kier molecular flexibility index (Phi) is 7.74. The van der Waals surface area contributed by atoms with E-state index in [0.29, 0.717) is 19.6 Å². The van der Waals surface area contributed by atoms with Crippen LogP contribution >= 0.6 is 0 Å². The van der Waals surface area contributed by atoms with Gasteiger partial charge in [0, 0.05) is 38.3 Å². The normalized spacial score (nSPS) is 22.8. The molecule has 3 rings (SSSR count). The summed E-state index contributed by atoms with van der Waals surface area (Å²) in [6.45, 7) is 2.07. The van der Waals surface area contributed by atoms with Crippen LogP contribution in [0, 0.1) is 5.92 Å². The van der Waals surface area contributed by atoms with Gasteiger partial charge in [0.15, 0.2) is 0 Å². The molecule has 2 atom stereocenters. The van der Waals surface area contributed by atoms with Crippen molar-refractivity contribution in [3.8, 4) is 5.75 Å². The fraction of sp³-hybridized carbons (Fsp3) is 0.696. The molecule has 1 heterocycles. The van der Waals surface area contributed by atoms with E-state index in [9.17, 15) is 9.90 Å². The summed E-state index contributed by atoms with van der Waals surface area (Å²) in [7, 11) is 1.71. The Morgan fingerprint density at radius 2 is 1.96 bits per heavy atom. The molecule has 28 heavy (non-hydrogen) atoms. The predicted molar refractivity (Wildman–Crippen MR) is 109 cm³/mol. The fourth-order valence-corrected chi connectivity index (χ4v) is 4.80. The van der Waals surface area contributed by atoms with E-state index in [2.05, 4.69) is 0 Å². The van der Waals surface area contributed by atoms with Gasteiger partial charge in [-0.2, -0.15) is 0 Å². The SMILES string of the molecule is COCCCCC(O)(c1ccccc1OC1CCCC1)C1CCCN(C=O)C1. The third kappa shape index (κ3) is 5.06. The molecule has 1 aliphatic carbocycles. The van der Waals surface area contributed by atoms with Crippen LogP contribution in [0.1, 0.15) is 63.4 Å². The molecule has 5 heteroatoms. The molecule has 1 N–H and O–H groups in total. The average Bonchev–Trinajstić information content (AvgIpc) is 3.24. The lowest BCUT2D eigenvalue weighted by Crippen LogP contribution is -2.46. The largest absolute Gasteiger partial charge is 0.490 e. The molecule has 1 saturated heterocycles. The summed E-state index contributed by atoms with van der Waals surface area (Å²) in [5.41, 5.74) is -0.109. The van der Waals surface area contributed by atoms with Crippen LogP contribution in [0.5, 0.6) is 5.75 Å². The smallest absolute Gasteiger partial charge is 0.209 e. The molecular formula is C23H35NO4. The number of para-hydroxylation sites is 1. The van der Waals surface area contributed by atoms with Gasteiger partial charge in [0.25, 0.3) is 0 Å². The molecule has 5 nitrogen and oxygen atoms in total. The first-order valence-electron chi connectivity index (χ1n) is 10.8. The van der Waals surface area contributed by atoms with Crippen LogP contribution in [0.3, 0.4) is 0 Å². The molecule has 1 aromatic rings. The first kappa shape index (κ1) is 21.1. The lowest BCUT2D eigenvalue weighted by molar-refractivity contribution is -0.123. The standard InChI is InChI=1S/C23H35NO4/c1-27-16-7-6-14-23(26,19-9-8-15-24(17-19)18-25)21-12-4-5-13-22(21)28-20-10-2-3-11-20/h4-5,12-13,18-20,26H,2-3,6-11,14-17H2,1H3. The maximum atomic E-state index is 12.0. The first-order chi connectivity index (χ1) is 13.7. The molecular weight excluding hydrogens is 354 g/mol. The van der Waals surface area contributed by atoms with Crippen molar-refractivity contribution in [3.63, 3.8) is 0 Å². The van der Waals surface area contributed by atoms with Crippen molar-refractivity contribution in [1.82, 2.24) is 4.90 Å². The second kappa shape index (κ2) is 10.3. The van der Waals surface area contributed by atoms with Crippen molar-refractivity contribution in [2.75, 3.05) is 26.8 Å². The summed E-state index contributed by atoms with van der Waals surface area (Å²) in [6.07, 6.45) is 10.0. The van der Waals surface area contributed by atoms with Gasteiger partial charge >= 0.3 is 0 Å². The van der Waals surface area contributed by atoms with E-state index >= 15 is 0 Å². The average molecular weight is 390 g/mol. The van der Waals surface area contributed by atoms with Crippen LogP contribution in [-0.4, -0.2) is 49.3 Å². The Bertz CT molecular complexity index is 616. The molecule has 1 saturated carbocycles. The molecule has 2 fully saturated rings. The van der Waals surface area contributed by atoms with E-state index in [1.54, 1.807) is 12.0 Å². The predicted octanol–water partition coefficient (Wildman–Crippen LogP) is 3.88. The first-order valence-corrected chi connectivity index (χ1v) is 10.8. The highest BCUT2D eigenvalue weighted by molar-refractivity contribution is 5.47. The number of amides is 1. The zero-order chi connectivity index (χ0) is 19.8. The van der Waals surface area contributed by atoms with Crippen molar-refractivity contribution in [3.05, 3.63) is 29.8 Å². The molecule has 0 aromatic heterocycles. The van der Waals surface area contributed by atoms with E-state index < -0.39 is 5.60 Å². The van der Waals surface area contributed by atoms with Gasteiger partial charge in [-0.3, -0.25) is 4.79 Å². The van der Waals surface area contributed by atoms with Crippen LogP contribution in [0.4, 0.5) is 0 Å². The molecule has 0 bridgehead atoms. The third-order valence-electron chi connectivity index (χ3n) is 6.38. The number of benzene rings is 1. The second-order valence-electron chi connectivity index (χ2n) is 8.33. The van der Waals surface area contributed by atoms with Crippen molar-refractivity contribution >= 4 is 6.41 Å². The van der Waals surface area contributed by atoms with Gasteiger partial charge < -0.3 is 19.5 Å². The van der Waals surface area contributed by atoms with Gasteiger partial charge in [0.05, 0.1) is 11.7 Å². The van der Waals surface area contributed by atoms with Crippen LogP contribution in [0.15, 0.2) is 24.3 Å². The number of aliphatic hydroxyl groups is 1. The number of hydrogen-bond acceptors (Lipinski definition) is 4. The summed E-state index contributed by atoms with van der Waals surface area (Å²) in [4.78, 5) is 13.2. The quantitative estimate of drug-likeness (QED) is 0.487. The Morgan fingerprint density at radius 3 is 2.71 bits per heavy atom.